The van der Waals surface area contributed by atoms with Gasteiger partial charge in [-0.1, -0.05) is 0 Å². The molecule has 6 nitrogen and oxygen atoms in total. The lowest BCUT2D eigenvalue weighted by molar-refractivity contribution is 0.617. The molecule has 80 valence electrons. The molecule has 0 saturated heterocycles. The SMILES string of the molecule is Cc1cc(C)n(Cc2n[nH]c(=S)n2N)n1. The number of nitrogens with one attached hydrogen (secondary N) is 1. The van der Waals surface area contributed by atoms with Crippen molar-refractivity contribution in [1.29, 1.82) is 0 Å². The van der Waals surface area contributed by atoms with Gasteiger partial charge < -0.3 is 5.84 Å². The highest BCUT2D eigenvalue weighted by molar-refractivity contribution is 7.71. The van der Waals surface area contributed by atoms with Crippen LogP contribution in [0.2, 0.25) is 0 Å². The van der Waals surface area contributed by atoms with Gasteiger partial charge in [-0.25, -0.2) is 4.68 Å². The zero-order chi connectivity index (χ0) is 11.0. The van der Waals surface area contributed by atoms with E-state index in [-0.39, 0.29) is 0 Å². The van der Waals surface area contributed by atoms with Crippen molar-refractivity contribution in [1.82, 2.24) is 24.7 Å². The van der Waals surface area contributed by atoms with E-state index in [0.29, 0.717) is 17.1 Å². The highest BCUT2D eigenvalue weighted by atomic mass is 32.1. The summed E-state index contributed by atoms with van der Waals surface area (Å²) >= 11 is 4.92. The number of aromatic amines is 1. The van der Waals surface area contributed by atoms with E-state index in [4.69, 9.17) is 18.1 Å². The first kappa shape index (κ1) is 9.91. The largest absolute Gasteiger partial charge is 0.335 e. The number of rotatable bonds is 2. The van der Waals surface area contributed by atoms with Gasteiger partial charge in [-0.3, -0.25) is 9.78 Å². The van der Waals surface area contributed by atoms with Crippen LogP contribution in [0.15, 0.2) is 6.07 Å². The fourth-order valence-electron chi connectivity index (χ4n) is 1.42. The van der Waals surface area contributed by atoms with E-state index in [2.05, 4.69) is 15.3 Å². The highest BCUT2D eigenvalue weighted by Gasteiger charge is 2.07. The molecule has 0 aliphatic heterocycles. The third-order valence-corrected chi connectivity index (χ3v) is 2.46. The molecule has 0 aromatic carbocycles. The van der Waals surface area contributed by atoms with Crippen LogP contribution in [0.5, 0.6) is 0 Å². The molecule has 2 aromatic rings. The Kier molecular flexibility index (Phi) is 2.31. The summed E-state index contributed by atoms with van der Waals surface area (Å²) in [6.07, 6.45) is 0. The van der Waals surface area contributed by atoms with Crippen molar-refractivity contribution >= 4 is 12.2 Å². The predicted molar refractivity (Wildman–Crippen MR) is 58.4 cm³/mol. The summed E-state index contributed by atoms with van der Waals surface area (Å²) in [5, 5.41) is 11.0. The number of H-pyrrole nitrogens is 1. The smallest absolute Gasteiger partial charge is 0.214 e. The maximum atomic E-state index is 5.68. The van der Waals surface area contributed by atoms with Crippen molar-refractivity contribution in [2.45, 2.75) is 20.4 Å². The minimum atomic E-state index is 0.409. The van der Waals surface area contributed by atoms with Crippen LogP contribution in [-0.2, 0) is 6.54 Å². The lowest BCUT2D eigenvalue weighted by atomic mass is 10.4. The molecule has 2 heterocycles. The molecule has 3 N–H and O–H groups in total. The molecule has 15 heavy (non-hydrogen) atoms. The van der Waals surface area contributed by atoms with Crippen molar-refractivity contribution in [3.05, 3.63) is 28.0 Å². The maximum absolute atomic E-state index is 5.68. The van der Waals surface area contributed by atoms with Crippen LogP contribution in [-0.4, -0.2) is 24.7 Å². The van der Waals surface area contributed by atoms with Crippen molar-refractivity contribution < 1.29 is 0 Å². The van der Waals surface area contributed by atoms with Gasteiger partial charge in [-0.05, 0) is 32.1 Å². The van der Waals surface area contributed by atoms with Crippen molar-refractivity contribution in [2.75, 3.05) is 5.84 Å². The Morgan fingerprint density at radius 2 is 2.27 bits per heavy atom. The van der Waals surface area contributed by atoms with Gasteiger partial charge in [-0.2, -0.15) is 10.2 Å². The fraction of sp³-hybridized carbons (Fsp3) is 0.375. The molecule has 0 atom stereocenters. The van der Waals surface area contributed by atoms with E-state index >= 15 is 0 Å². The van der Waals surface area contributed by atoms with Crippen LogP contribution in [0.3, 0.4) is 0 Å². The summed E-state index contributed by atoms with van der Waals surface area (Å²) in [6, 6.07) is 2.00. The maximum Gasteiger partial charge on any atom is 0.214 e. The van der Waals surface area contributed by atoms with E-state index in [0.717, 1.165) is 11.4 Å². The van der Waals surface area contributed by atoms with Crippen LogP contribution in [0.1, 0.15) is 17.2 Å². The second kappa shape index (κ2) is 3.50. The van der Waals surface area contributed by atoms with Crippen LogP contribution in [0, 0.1) is 18.6 Å². The van der Waals surface area contributed by atoms with Crippen LogP contribution in [0.4, 0.5) is 0 Å². The standard InChI is InChI=1S/C8H12N6S/c1-5-3-6(2)13(12-5)4-7-10-11-8(15)14(7)9/h3H,4,9H2,1-2H3,(H,11,15). The molecule has 0 fully saturated rings. The Bertz CT molecular complexity index is 534. The van der Waals surface area contributed by atoms with Gasteiger partial charge in [0.2, 0.25) is 4.77 Å². The first-order valence-electron chi connectivity index (χ1n) is 4.50. The first-order valence-corrected chi connectivity index (χ1v) is 4.91. The molecule has 0 unspecified atom stereocenters. The number of hydrogen-bond donors (Lipinski definition) is 2. The van der Waals surface area contributed by atoms with Gasteiger partial charge >= 0.3 is 0 Å². The van der Waals surface area contributed by atoms with Crippen molar-refractivity contribution in [3.8, 4) is 0 Å². The number of nitrogens with two attached hydrogens (primary N) is 1. The van der Waals surface area contributed by atoms with E-state index in [1.54, 1.807) is 0 Å². The quantitative estimate of drug-likeness (QED) is 0.576. The van der Waals surface area contributed by atoms with Crippen molar-refractivity contribution in [2.24, 2.45) is 0 Å². The predicted octanol–water partition coefficient (Wildman–Crippen LogP) is 0.516. The Morgan fingerprint density at radius 3 is 2.73 bits per heavy atom. The van der Waals surface area contributed by atoms with E-state index in [1.165, 1.54) is 4.68 Å². The molecule has 2 rings (SSSR count). The number of nitrogen functional groups attached to an aromatic ring is 1. The second-order valence-electron chi connectivity index (χ2n) is 3.40. The van der Waals surface area contributed by atoms with Crippen LogP contribution < -0.4 is 5.84 Å². The van der Waals surface area contributed by atoms with Gasteiger partial charge in [0.05, 0.1) is 5.69 Å². The summed E-state index contributed by atoms with van der Waals surface area (Å²) in [5.74, 6) is 6.34. The summed E-state index contributed by atoms with van der Waals surface area (Å²) in [5.41, 5.74) is 2.05. The van der Waals surface area contributed by atoms with Crippen LogP contribution in [0.25, 0.3) is 0 Å². The van der Waals surface area contributed by atoms with E-state index in [9.17, 15) is 0 Å². The monoisotopic (exact) mass is 224 g/mol. The lowest BCUT2D eigenvalue weighted by Crippen LogP contribution is -2.16. The van der Waals surface area contributed by atoms with Gasteiger partial charge in [0.25, 0.3) is 0 Å². The second-order valence-corrected chi connectivity index (χ2v) is 3.79. The number of aryl methyl sites for hydroxylation is 2. The molecular weight excluding hydrogens is 212 g/mol. The Labute approximate surface area is 91.7 Å². The van der Waals surface area contributed by atoms with Crippen molar-refractivity contribution in [3.63, 3.8) is 0 Å². The average molecular weight is 224 g/mol. The molecular formula is C8H12N6S. The minimum Gasteiger partial charge on any atom is -0.335 e. The average Bonchev–Trinajstić information content (AvgIpc) is 2.64. The van der Waals surface area contributed by atoms with Gasteiger partial charge in [0.15, 0.2) is 5.82 Å². The van der Waals surface area contributed by atoms with E-state index < -0.39 is 0 Å². The third-order valence-electron chi connectivity index (χ3n) is 2.17. The molecule has 7 heteroatoms. The third kappa shape index (κ3) is 1.78. The molecule has 0 aliphatic rings. The molecule has 0 radical (unpaired) electrons. The normalized spacial score (nSPS) is 10.8. The molecule has 0 spiro atoms. The minimum absolute atomic E-state index is 0.409. The topological polar surface area (TPSA) is 77.5 Å². The number of nitrogens with zero attached hydrogens (tertiary/aromatic N) is 4. The number of hydrogen-bond acceptors (Lipinski definition) is 4. The molecule has 2 aromatic heterocycles. The highest BCUT2D eigenvalue weighted by Crippen LogP contribution is 2.04. The Hall–Kier alpha value is -1.63. The zero-order valence-corrected chi connectivity index (χ0v) is 9.38. The molecule has 0 saturated carbocycles. The lowest BCUT2D eigenvalue weighted by Gasteiger charge is -2.02. The summed E-state index contributed by atoms with van der Waals surface area (Å²) < 4.78 is 3.60. The zero-order valence-electron chi connectivity index (χ0n) is 8.56. The fourth-order valence-corrected chi connectivity index (χ4v) is 1.57. The Morgan fingerprint density at radius 1 is 1.53 bits per heavy atom. The number of aromatic nitrogens is 5. The Balaban J connectivity index is 2.33. The van der Waals surface area contributed by atoms with Gasteiger partial charge in [-0.15, -0.1) is 0 Å². The summed E-state index contributed by atoms with van der Waals surface area (Å²) in [7, 11) is 0. The van der Waals surface area contributed by atoms with E-state index in [1.807, 2.05) is 24.6 Å². The first-order chi connectivity index (χ1) is 7.08. The molecule has 0 aliphatic carbocycles. The summed E-state index contributed by atoms with van der Waals surface area (Å²) in [4.78, 5) is 0. The van der Waals surface area contributed by atoms with Crippen LogP contribution >= 0.6 is 12.2 Å². The molecule has 0 amide bonds. The molecule has 0 bridgehead atoms. The van der Waals surface area contributed by atoms with Gasteiger partial charge in [0.1, 0.15) is 6.54 Å². The summed E-state index contributed by atoms with van der Waals surface area (Å²) in [6.45, 7) is 4.45. The van der Waals surface area contributed by atoms with Gasteiger partial charge in [0, 0.05) is 5.69 Å².